The minimum atomic E-state index is -4.67. The number of amides is 1. The predicted octanol–water partition coefficient (Wildman–Crippen LogP) is 3.97. The van der Waals surface area contributed by atoms with Crippen molar-refractivity contribution in [2.45, 2.75) is 30.7 Å². The summed E-state index contributed by atoms with van der Waals surface area (Å²) < 4.78 is 42.8. The van der Waals surface area contributed by atoms with Gasteiger partial charge in [-0.2, -0.15) is 18.2 Å². The van der Waals surface area contributed by atoms with Gasteiger partial charge in [-0.3, -0.25) is 15.2 Å². The van der Waals surface area contributed by atoms with Crippen LogP contribution in [0.25, 0.3) is 0 Å². The van der Waals surface area contributed by atoms with Crippen LogP contribution in [-0.4, -0.2) is 26.2 Å². The van der Waals surface area contributed by atoms with Gasteiger partial charge in [0, 0.05) is 16.2 Å². The summed E-state index contributed by atoms with van der Waals surface area (Å²) >= 11 is 1.39. The molecule has 0 saturated heterocycles. The third kappa shape index (κ3) is 4.30. The van der Waals surface area contributed by atoms with E-state index in [1.54, 1.807) is 36.3 Å². The number of aromatic amines is 1. The van der Waals surface area contributed by atoms with Gasteiger partial charge in [-0.25, -0.2) is 0 Å². The lowest BCUT2D eigenvalue weighted by Crippen LogP contribution is -2.14. The molecule has 7 nitrogen and oxygen atoms in total. The van der Waals surface area contributed by atoms with Crippen LogP contribution in [0.15, 0.2) is 33.7 Å². The number of rotatable bonds is 5. The van der Waals surface area contributed by atoms with E-state index in [0.29, 0.717) is 22.0 Å². The summed E-state index contributed by atoms with van der Waals surface area (Å²) in [5, 5.41) is 11.3. The van der Waals surface area contributed by atoms with E-state index >= 15 is 0 Å². The zero-order valence-electron chi connectivity index (χ0n) is 14.2. The number of hydrogen-bond acceptors (Lipinski definition) is 6. The molecule has 0 atom stereocenters. The number of nitrogens with zero attached hydrogens (tertiary/aromatic N) is 3. The summed E-state index contributed by atoms with van der Waals surface area (Å²) in [4.78, 5) is 16.3. The lowest BCUT2D eigenvalue weighted by Gasteiger charge is -2.08. The monoisotopic (exact) mass is 397 g/mol. The third-order valence-electron chi connectivity index (χ3n) is 3.66. The zero-order valence-corrected chi connectivity index (χ0v) is 15.0. The van der Waals surface area contributed by atoms with Crippen molar-refractivity contribution in [2.24, 2.45) is 0 Å². The van der Waals surface area contributed by atoms with E-state index in [1.165, 1.54) is 11.8 Å². The number of halogens is 3. The predicted molar refractivity (Wildman–Crippen MR) is 91.3 cm³/mol. The first-order chi connectivity index (χ1) is 12.8. The number of anilines is 1. The molecule has 0 aliphatic heterocycles. The highest BCUT2D eigenvalue weighted by Gasteiger charge is 2.35. The van der Waals surface area contributed by atoms with Crippen LogP contribution in [0.3, 0.4) is 0 Å². The lowest BCUT2D eigenvalue weighted by atomic mass is 10.2. The van der Waals surface area contributed by atoms with Gasteiger partial charge in [-0.05, 0) is 26.0 Å². The van der Waals surface area contributed by atoms with Crippen LogP contribution in [0.4, 0.5) is 19.1 Å². The van der Waals surface area contributed by atoms with E-state index in [-0.39, 0.29) is 0 Å². The molecule has 2 heterocycles. The molecule has 0 fully saturated rings. The van der Waals surface area contributed by atoms with Crippen molar-refractivity contribution in [3.63, 3.8) is 0 Å². The van der Waals surface area contributed by atoms with Crippen LogP contribution in [0.5, 0.6) is 0 Å². The molecule has 0 aliphatic carbocycles. The van der Waals surface area contributed by atoms with Crippen molar-refractivity contribution >= 4 is 23.6 Å². The average molecular weight is 397 g/mol. The van der Waals surface area contributed by atoms with Gasteiger partial charge >= 0.3 is 6.18 Å². The first kappa shape index (κ1) is 19.0. The molecule has 3 aromatic rings. The first-order valence-corrected chi connectivity index (χ1v) is 8.69. The summed E-state index contributed by atoms with van der Waals surface area (Å²) in [7, 11) is 0. The smallest absolute Gasteiger partial charge is 0.361 e. The molecule has 3 rings (SSSR count). The fourth-order valence-electron chi connectivity index (χ4n) is 2.25. The van der Waals surface area contributed by atoms with Crippen LogP contribution in [-0.2, 0) is 11.9 Å². The summed E-state index contributed by atoms with van der Waals surface area (Å²) in [6, 6.07) is 6.74. The number of hydrogen-bond donors (Lipinski definition) is 2. The fraction of sp³-hybridized carbons (Fsp3) is 0.250. The maximum Gasteiger partial charge on any atom is 0.451 e. The quantitative estimate of drug-likeness (QED) is 0.633. The highest BCUT2D eigenvalue weighted by molar-refractivity contribution is 7.98. The van der Waals surface area contributed by atoms with E-state index < -0.39 is 23.9 Å². The highest BCUT2D eigenvalue weighted by Crippen LogP contribution is 2.29. The van der Waals surface area contributed by atoms with Crippen LogP contribution < -0.4 is 5.32 Å². The number of aryl methyl sites for hydroxylation is 2. The Morgan fingerprint density at radius 3 is 2.67 bits per heavy atom. The molecule has 1 amide bonds. The van der Waals surface area contributed by atoms with Gasteiger partial charge in [0.05, 0.1) is 11.3 Å². The van der Waals surface area contributed by atoms with Crippen LogP contribution in [0.2, 0.25) is 0 Å². The SMILES string of the molecule is Cc1noc(C)c1CSc1ccccc1C(=O)Nc1n[nH]c(C(F)(F)F)n1. The molecule has 0 saturated carbocycles. The number of H-pyrrole nitrogens is 1. The molecule has 2 aromatic heterocycles. The molecule has 0 spiro atoms. The van der Waals surface area contributed by atoms with E-state index in [9.17, 15) is 18.0 Å². The van der Waals surface area contributed by atoms with Gasteiger partial charge in [0.15, 0.2) is 0 Å². The Morgan fingerprint density at radius 1 is 1.30 bits per heavy atom. The van der Waals surface area contributed by atoms with Gasteiger partial charge < -0.3 is 4.52 Å². The van der Waals surface area contributed by atoms with Gasteiger partial charge in [0.2, 0.25) is 11.8 Å². The Kier molecular flexibility index (Phi) is 5.22. The number of carbonyl (C=O) groups is 1. The number of thioether (sulfide) groups is 1. The van der Waals surface area contributed by atoms with Crippen molar-refractivity contribution in [3.05, 3.63) is 52.7 Å². The molecular weight excluding hydrogens is 383 g/mol. The van der Waals surface area contributed by atoms with Crippen molar-refractivity contribution in [3.8, 4) is 0 Å². The van der Waals surface area contributed by atoms with E-state index in [4.69, 9.17) is 4.52 Å². The van der Waals surface area contributed by atoms with Crippen molar-refractivity contribution < 1.29 is 22.5 Å². The standard InChI is InChI=1S/C16H14F3N5O2S/c1-8-11(9(2)26-24-8)7-27-12-6-4-3-5-10(12)13(25)20-15-21-14(22-23-15)16(17,18)19/h3-6H,7H2,1-2H3,(H2,20,21,22,23,25). The van der Waals surface area contributed by atoms with Gasteiger partial charge in [0.25, 0.3) is 5.91 Å². The van der Waals surface area contributed by atoms with E-state index in [2.05, 4.69) is 20.6 Å². The summed E-state index contributed by atoms with van der Waals surface area (Å²) in [5.41, 5.74) is 1.99. The van der Waals surface area contributed by atoms with E-state index in [0.717, 1.165) is 11.3 Å². The summed E-state index contributed by atoms with van der Waals surface area (Å²) in [5.74, 6) is -1.10. The van der Waals surface area contributed by atoms with Crippen molar-refractivity contribution in [1.82, 2.24) is 20.3 Å². The maximum absolute atomic E-state index is 12.6. The second-order valence-electron chi connectivity index (χ2n) is 5.55. The molecule has 11 heteroatoms. The molecule has 0 bridgehead atoms. The maximum atomic E-state index is 12.6. The van der Waals surface area contributed by atoms with E-state index in [1.807, 2.05) is 6.92 Å². The Bertz CT molecular complexity index is 948. The van der Waals surface area contributed by atoms with Gasteiger partial charge in [-0.15, -0.1) is 16.9 Å². The zero-order chi connectivity index (χ0) is 19.6. The molecule has 2 N–H and O–H groups in total. The number of carbonyl (C=O) groups excluding carboxylic acids is 1. The molecule has 0 aliphatic rings. The molecule has 0 radical (unpaired) electrons. The number of nitrogens with one attached hydrogen (secondary N) is 2. The topological polar surface area (TPSA) is 96.7 Å². The second-order valence-corrected chi connectivity index (χ2v) is 6.56. The molecule has 142 valence electrons. The number of alkyl halides is 3. The summed E-state index contributed by atoms with van der Waals surface area (Å²) in [6.07, 6.45) is -4.67. The Hall–Kier alpha value is -2.82. The summed E-state index contributed by atoms with van der Waals surface area (Å²) in [6.45, 7) is 3.63. The minimum Gasteiger partial charge on any atom is -0.361 e. The van der Waals surface area contributed by atoms with Gasteiger partial charge in [0.1, 0.15) is 5.76 Å². The third-order valence-corrected chi connectivity index (χ3v) is 4.76. The van der Waals surface area contributed by atoms with Crippen molar-refractivity contribution in [2.75, 3.05) is 5.32 Å². The second kappa shape index (κ2) is 7.43. The molecule has 27 heavy (non-hydrogen) atoms. The van der Waals surface area contributed by atoms with Gasteiger partial charge in [-0.1, -0.05) is 17.3 Å². The lowest BCUT2D eigenvalue weighted by molar-refractivity contribution is -0.144. The first-order valence-electron chi connectivity index (χ1n) is 7.70. The Labute approximate surface area is 155 Å². The highest BCUT2D eigenvalue weighted by atomic mass is 32.2. The minimum absolute atomic E-state index is 0.299. The van der Waals surface area contributed by atoms with Crippen molar-refractivity contribution in [1.29, 1.82) is 0 Å². The number of benzene rings is 1. The van der Waals surface area contributed by atoms with Crippen LogP contribution >= 0.6 is 11.8 Å². The Morgan fingerprint density at radius 2 is 2.04 bits per heavy atom. The largest absolute Gasteiger partial charge is 0.451 e. The molecular formula is C16H14F3N5O2S. The van der Waals surface area contributed by atoms with Crippen LogP contribution in [0, 0.1) is 13.8 Å². The normalized spacial score (nSPS) is 11.6. The average Bonchev–Trinajstić information content (AvgIpc) is 3.20. The number of aromatic nitrogens is 4. The Balaban J connectivity index is 1.75. The van der Waals surface area contributed by atoms with Crippen LogP contribution in [0.1, 0.15) is 33.2 Å². The molecule has 0 unspecified atom stereocenters. The fourth-order valence-corrected chi connectivity index (χ4v) is 3.45. The molecule has 1 aromatic carbocycles.